The molecule has 0 atom stereocenters. The van der Waals surface area contributed by atoms with E-state index in [2.05, 4.69) is 15.0 Å². The van der Waals surface area contributed by atoms with Crippen molar-refractivity contribution in [1.82, 2.24) is 4.98 Å². The summed E-state index contributed by atoms with van der Waals surface area (Å²) in [7, 11) is -3.75. The first-order valence-corrected chi connectivity index (χ1v) is 9.82. The van der Waals surface area contributed by atoms with Crippen molar-refractivity contribution in [3.05, 3.63) is 77.2 Å². The van der Waals surface area contributed by atoms with Crippen LogP contribution in [0.15, 0.2) is 59.6 Å². The van der Waals surface area contributed by atoms with Gasteiger partial charge in [0, 0.05) is 5.69 Å². The number of aryl methyl sites for hydroxylation is 3. The van der Waals surface area contributed by atoms with Gasteiger partial charge in [-0.25, -0.2) is 17.8 Å². The minimum absolute atomic E-state index is 0.208. The van der Waals surface area contributed by atoms with Crippen LogP contribution in [-0.2, 0) is 10.0 Å². The standard InChI is InChI=1S/C20H20FN3O2S/c1-13-9-14(2)20(15(3)10-13)27(25,26)24-19-8-7-18(12-22-19)23-17-6-4-5-16(21)11-17/h4-12,23H,1-3H3,(H,22,24). The van der Waals surface area contributed by atoms with Crippen LogP contribution < -0.4 is 10.0 Å². The second-order valence-corrected chi connectivity index (χ2v) is 8.02. The number of nitrogens with zero attached hydrogens (tertiary/aromatic N) is 1. The molecule has 5 nitrogen and oxygen atoms in total. The fourth-order valence-corrected chi connectivity index (χ4v) is 4.50. The Kier molecular flexibility index (Phi) is 5.14. The van der Waals surface area contributed by atoms with Gasteiger partial charge in [-0.15, -0.1) is 0 Å². The zero-order chi connectivity index (χ0) is 19.6. The number of anilines is 3. The van der Waals surface area contributed by atoms with E-state index in [-0.39, 0.29) is 16.5 Å². The second-order valence-electron chi connectivity index (χ2n) is 6.40. The predicted octanol–water partition coefficient (Wildman–Crippen LogP) is 4.69. The molecule has 1 heterocycles. The normalized spacial score (nSPS) is 11.3. The average Bonchev–Trinajstić information content (AvgIpc) is 2.55. The number of hydrogen-bond donors (Lipinski definition) is 2. The molecule has 0 bridgehead atoms. The molecule has 0 amide bonds. The molecule has 0 aliphatic heterocycles. The summed E-state index contributed by atoms with van der Waals surface area (Å²) in [6.07, 6.45) is 1.48. The molecule has 0 aliphatic carbocycles. The molecule has 0 unspecified atom stereocenters. The van der Waals surface area contributed by atoms with E-state index in [9.17, 15) is 12.8 Å². The first-order valence-electron chi connectivity index (χ1n) is 8.34. The van der Waals surface area contributed by atoms with Crippen molar-refractivity contribution < 1.29 is 12.8 Å². The van der Waals surface area contributed by atoms with Gasteiger partial charge in [-0.3, -0.25) is 4.72 Å². The Morgan fingerprint density at radius 1 is 0.926 bits per heavy atom. The van der Waals surface area contributed by atoms with E-state index >= 15 is 0 Å². The number of aromatic nitrogens is 1. The third kappa shape index (κ3) is 4.43. The Bertz CT molecular complexity index is 1060. The van der Waals surface area contributed by atoms with Crippen molar-refractivity contribution in [2.24, 2.45) is 0 Å². The number of sulfonamides is 1. The Labute approximate surface area is 158 Å². The lowest BCUT2D eigenvalue weighted by atomic mass is 10.1. The lowest BCUT2D eigenvalue weighted by molar-refractivity contribution is 0.599. The number of hydrogen-bond acceptors (Lipinski definition) is 4. The number of benzene rings is 2. The molecule has 0 radical (unpaired) electrons. The van der Waals surface area contributed by atoms with Crippen molar-refractivity contribution >= 4 is 27.2 Å². The Hall–Kier alpha value is -2.93. The maximum absolute atomic E-state index is 13.2. The molecule has 0 aliphatic rings. The Morgan fingerprint density at radius 3 is 2.22 bits per heavy atom. The third-order valence-electron chi connectivity index (χ3n) is 3.99. The van der Waals surface area contributed by atoms with Gasteiger partial charge in [0.25, 0.3) is 10.0 Å². The van der Waals surface area contributed by atoms with Crippen LogP contribution in [0.1, 0.15) is 16.7 Å². The van der Waals surface area contributed by atoms with Crippen LogP contribution in [0.2, 0.25) is 0 Å². The summed E-state index contributed by atoms with van der Waals surface area (Å²) in [5.74, 6) is -0.139. The summed E-state index contributed by atoms with van der Waals surface area (Å²) >= 11 is 0. The quantitative estimate of drug-likeness (QED) is 0.668. The molecular formula is C20H20FN3O2S. The highest BCUT2D eigenvalue weighted by Gasteiger charge is 2.20. The van der Waals surface area contributed by atoms with Crippen LogP contribution in [0.3, 0.4) is 0 Å². The van der Waals surface area contributed by atoms with Crippen molar-refractivity contribution in [3.63, 3.8) is 0 Å². The van der Waals surface area contributed by atoms with E-state index in [0.717, 1.165) is 5.56 Å². The van der Waals surface area contributed by atoms with Gasteiger partial charge in [-0.1, -0.05) is 23.8 Å². The monoisotopic (exact) mass is 385 g/mol. The minimum Gasteiger partial charge on any atom is -0.354 e. The molecule has 140 valence electrons. The van der Waals surface area contributed by atoms with Crippen LogP contribution in [-0.4, -0.2) is 13.4 Å². The minimum atomic E-state index is -3.75. The molecule has 2 aromatic carbocycles. The third-order valence-corrected chi connectivity index (χ3v) is 5.65. The van der Waals surface area contributed by atoms with Crippen molar-refractivity contribution in [2.75, 3.05) is 10.0 Å². The highest BCUT2D eigenvalue weighted by molar-refractivity contribution is 7.92. The molecular weight excluding hydrogens is 365 g/mol. The van der Waals surface area contributed by atoms with E-state index in [0.29, 0.717) is 22.5 Å². The lowest BCUT2D eigenvalue weighted by Crippen LogP contribution is -2.16. The topological polar surface area (TPSA) is 71.1 Å². The largest absolute Gasteiger partial charge is 0.354 e. The molecule has 2 N–H and O–H groups in total. The van der Waals surface area contributed by atoms with Crippen LogP contribution in [0.4, 0.5) is 21.6 Å². The fourth-order valence-electron chi connectivity index (χ4n) is 3.04. The van der Waals surface area contributed by atoms with Crippen molar-refractivity contribution in [1.29, 1.82) is 0 Å². The summed E-state index contributed by atoms with van der Waals surface area (Å²) in [5.41, 5.74) is 3.57. The molecule has 3 aromatic rings. The van der Waals surface area contributed by atoms with E-state index in [1.165, 1.54) is 18.3 Å². The maximum atomic E-state index is 13.2. The summed E-state index contributed by atoms with van der Waals surface area (Å²) in [4.78, 5) is 4.40. The van der Waals surface area contributed by atoms with Crippen LogP contribution in [0.5, 0.6) is 0 Å². The van der Waals surface area contributed by atoms with Gasteiger partial charge in [-0.2, -0.15) is 0 Å². The smallest absolute Gasteiger partial charge is 0.263 e. The van der Waals surface area contributed by atoms with E-state index in [1.807, 2.05) is 19.1 Å². The van der Waals surface area contributed by atoms with Gasteiger partial charge in [0.15, 0.2) is 0 Å². The molecule has 1 aromatic heterocycles. The summed E-state index contributed by atoms with van der Waals surface area (Å²) in [6.45, 7) is 5.47. The second kappa shape index (κ2) is 7.36. The fraction of sp³-hybridized carbons (Fsp3) is 0.150. The molecule has 0 saturated carbocycles. The van der Waals surface area contributed by atoms with Gasteiger partial charge >= 0.3 is 0 Å². The SMILES string of the molecule is Cc1cc(C)c(S(=O)(=O)Nc2ccc(Nc3cccc(F)c3)cn2)c(C)c1. The van der Waals surface area contributed by atoms with Crippen molar-refractivity contribution in [3.8, 4) is 0 Å². The van der Waals surface area contributed by atoms with Crippen LogP contribution >= 0.6 is 0 Å². The zero-order valence-corrected chi connectivity index (χ0v) is 16.1. The predicted molar refractivity (Wildman–Crippen MR) is 105 cm³/mol. The number of pyridine rings is 1. The van der Waals surface area contributed by atoms with E-state index in [1.54, 1.807) is 38.1 Å². The highest BCUT2D eigenvalue weighted by Crippen LogP contribution is 2.24. The van der Waals surface area contributed by atoms with E-state index in [4.69, 9.17) is 0 Å². The number of nitrogens with one attached hydrogen (secondary N) is 2. The lowest BCUT2D eigenvalue weighted by Gasteiger charge is -2.14. The zero-order valence-electron chi connectivity index (χ0n) is 15.2. The number of halogens is 1. The Morgan fingerprint density at radius 2 is 1.63 bits per heavy atom. The first kappa shape index (κ1) is 18.8. The Balaban J connectivity index is 1.80. The molecule has 3 rings (SSSR count). The first-order chi connectivity index (χ1) is 12.7. The van der Waals surface area contributed by atoms with Crippen molar-refractivity contribution in [2.45, 2.75) is 25.7 Å². The average molecular weight is 385 g/mol. The van der Waals surface area contributed by atoms with E-state index < -0.39 is 10.0 Å². The summed E-state index contributed by atoms with van der Waals surface area (Å²) < 4.78 is 41.3. The summed E-state index contributed by atoms with van der Waals surface area (Å²) in [5, 5.41) is 3.01. The maximum Gasteiger partial charge on any atom is 0.263 e. The highest BCUT2D eigenvalue weighted by atomic mass is 32.2. The molecule has 0 fully saturated rings. The van der Waals surface area contributed by atoms with Gasteiger partial charge in [-0.05, 0) is 62.2 Å². The van der Waals surface area contributed by atoms with Gasteiger partial charge in [0.1, 0.15) is 11.6 Å². The molecule has 27 heavy (non-hydrogen) atoms. The molecule has 0 saturated heterocycles. The molecule has 0 spiro atoms. The van der Waals surface area contributed by atoms with Gasteiger partial charge < -0.3 is 5.32 Å². The van der Waals surface area contributed by atoms with Gasteiger partial charge in [0.2, 0.25) is 0 Å². The number of rotatable bonds is 5. The van der Waals surface area contributed by atoms with Crippen LogP contribution in [0.25, 0.3) is 0 Å². The van der Waals surface area contributed by atoms with Gasteiger partial charge in [0.05, 0.1) is 16.8 Å². The van der Waals surface area contributed by atoms with Crippen LogP contribution in [0, 0.1) is 26.6 Å². The molecule has 7 heteroatoms. The summed E-state index contributed by atoms with van der Waals surface area (Å²) in [6, 6.07) is 12.9.